The lowest BCUT2D eigenvalue weighted by Gasteiger charge is -2.30. The lowest BCUT2D eigenvalue weighted by Crippen LogP contribution is -2.40. The summed E-state index contributed by atoms with van der Waals surface area (Å²) in [5, 5.41) is 10.3. The van der Waals surface area contributed by atoms with Crippen LogP contribution in [-0.2, 0) is 6.54 Å². The topological polar surface area (TPSA) is 97.3 Å². The van der Waals surface area contributed by atoms with Crippen LogP contribution in [0.2, 0.25) is 5.02 Å². The maximum atomic E-state index is 14.2. The van der Waals surface area contributed by atoms with Gasteiger partial charge in [0.15, 0.2) is 11.5 Å². The number of carbonyl (C=O) groups is 1. The molecule has 1 fully saturated rings. The van der Waals surface area contributed by atoms with Gasteiger partial charge in [-0.25, -0.2) is 19.2 Å². The normalized spacial score (nSPS) is 15.0. The van der Waals surface area contributed by atoms with E-state index in [0.29, 0.717) is 53.9 Å². The average Bonchev–Trinajstić information content (AvgIpc) is 3.00. The van der Waals surface area contributed by atoms with Crippen LogP contribution >= 0.6 is 23.4 Å². The Morgan fingerprint density at radius 1 is 1.07 bits per heavy atom. The van der Waals surface area contributed by atoms with Gasteiger partial charge in [0, 0.05) is 42.0 Å². The van der Waals surface area contributed by atoms with Gasteiger partial charge < -0.3 is 29.1 Å². The number of carboxylic acid groups (broad SMARTS) is 1. The van der Waals surface area contributed by atoms with E-state index in [9.17, 15) is 14.3 Å². The van der Waals surface area contributed by atoms with Gasteiger partial charge >= 0.3 is 6.09 Å². The zero-order valence-corrected chi connectivity index (χ0v) is 24.9. The van der Waals surface area contributed by atoms with Crippen molar-refractivity contribution < 1.29 is 28.5 Å². The van der Waals surface area contributed by atoms with Crippen molar-refractivity contribution in [1.82, 2.24) is 14.9 Å². The van der Waals surface area contributed by atoms with Crippen molar-refractivity contribution in [3.63, 3.8) is 0 Å². The van der Waals surface area contributed by atoms with Crippen LogP contribution in [0.1, 0.15) is 18.4 Å². The van der Waals surface area contributed by atoms with Crippen molar-refractivity contribution >= 4 is 51.9 Å². The number of thioether (sulfide) groups is 1. The first kappa shape index (κ1) is 29.5. The van der Waals surface area contributed by atoms with E-state index >= 15 is 0 Å². The standard InChI is InChI=1S/C30H30ClFN4O5S/c1-39-25-9-6-18(11-26(25)40-2)15-36(19-7-8-23(32)22(31)12-19)29-21-13-28(27(41-3)14-24(21)33-17-34-29)42-20-5-4-10-35(16-20)30(37)38/h6-9,11-14,17,20H,4-5,10,15-16H2,1-3H3,(H,37,38)/t20-/m1/s1. The molecule has 9 nitrogen and oxygen atoms in total. The molecule has 1 N–H and O–H groups in total. The van der Waals surface area contributed by atoms with Crippen LogP contribution in [-0.4, -0.2) is 65.7 Å². The predicted octanol–water partition coefficient (Wildman–Crippen LogP) is 7.02. The Morgan fingerprint density at radius 3 is 2.57 bits per heavy atom. The molecule has 2 heterocycles. The zero-order valence-electron chi connectivity index (χ0n) is 23.3. The molecule has 1 aromatic heterocycles. The number of anilines is 2. The van der Waals surface area contributed by atoms with Crippen molar-refractivity contribution in [2.45, 2.75) is 29.5 Å². The number of hydrogen-bond donors (Lipinski definition) is 1. The molecule has 0 unspecified atom stereocenters. The Bertz CT molecular complexity index is 1610. The number of aromatic nitrogens is 2. The first-order valence-corrected chi connectivity index (χ1v) is 14.5. The van der Waals surface area contributed by atoms with E-state index < -0.39 is 11.9 Å². The lowest BCUT2D eigenvalue weighted by atomic mass is 10.1. The van der Waals surface area contributed by atoms with Gasteiger partial charge in [-0.1, -0.05) is 17.7 Å². The molecule has 42 heavy (non-hydrogen) atoms. The van der Waals surface area contributed by atoms with Crippen LogP contribution < -0.4 is 19.1 Å². The van der Waals surface area contributed by atoms with Gasteiger partial charge in [-0.2, -0.15) is 0 Å². The van der Waals surface area contributed by atoms with Crippen LogP contribution in [0, 0.1) is 5.82 Å². The number of amides is 1. The molecule has 220 valence electrons. The van der Waals surface area contributed by atoms with Gasteiger partial charge in [0.1, 0.15) is 23.7 Å². The minimum Gasteiger partial charge on any atom is -0.496 e. The molecule has 1 atom stereocenters. The number of hydrogen-bond acceptors (Lipinski definition) is 8. The van der Waals surface area contributed by atoms with Crippen LogP contribution in [0.5, 0.6) is 17.2 Å². The Hall–Kier alpha value is -3.96. The fraction of sp³-hybridized carbons (Fsp3) is 0.300. The van der Waals surface area contributed by atoms with Gasteiger partial charge in [0.2, 0.25) is 0 Å². The third kappa shape index (κ3) is 6.27. The molecule has 1 amide bonds. The number of halogens is 2. The van der Waals surface area contributed by atoms with Crippen LogP contribution in [0.3, 0.4) is 0 Å². The zero-order chi connectivity index (χ0) is 29.8. The van der Waals surface area contributed by atoms with E-state index in [4.69, 9.17) is 25.8 Å². The Kier molecular flexibility index (Phi) is 9.08. The van der Waals surface area contributed by atoms with Crippen molar-refractivity contribution in [3.8, 4) is 17.2 Å². The van der Waals surface area contributed by atoms with Gasteiger partial charge in [-0.3, -0.25) is 0 Å². The molecule has 0 saturated carbocycles. The maximum absolute atomic E-state index is 14.2. The predicted molar refractivity (Wildman–Crippen MR) is 161 cm³/mol. The van der Waals surface area contributed by atoms with Crippen LogP contribution in [0.4, 0.5) is 20.7 Å². The summed E-state index contributed by atoms with van der Waals surface area (Å²) in [5.74, 6) is 1.87. The Labute approximate surface area is 252 Å². The van der Waals surface area contributed by atoms with Crippen molar-refractivity contribution in [3.05, 3.63) is 71.3 Å². The summed E-state index contributed by atoms with van der Waals surface area (Å²) in [5.41, 5.74) is 2.17. The van der Waals surface area contributed by atoms with Gasteiger partial charge in [0.05, 0.1) is 36.8 Å². The summed E-state index contributed by atoms with van der Waals surface area (Å²) >= 11 is 7.80. The van der Waals surface area contributed by atoms with Crippen molar-refractivity contribution in [2.75, 3.05) is 39.3 Å². The van der Waals surface area contributed by atoms with E-state index in [1.807, 2.05) is 35.2 Å². The molecular formula is C30H30ClFN4O5S. The van der Waals surface area contributed by atoms with Crippen molar-refractivity contribution in [1.29, 1.82) is 0 Å². The molecule has 3 aromatic carbocycles. The lowest BCUT2D eigenvalue weighted by molar-refractivity contribution is 0.137. The minimum atomic E-state index is -0.912. The fourth-order valence-electron chi connectivity index (χ4n) is 5.01. The summed E-state index contributed by atoms with van der Waals surface area (Å²) in [7, 11) is 4.75. The largest absolute Gasteiger partial charge is 0.496 e. The SMILES string of the molecule is COc1ccc(CN(c2ccc(F)c(Cl)c2)c2ncnc3cc(OC)c(S[C@@H]4CCCN(C(=O)O)C4)cc23)cc1OC. The molecule has 0 radical (unpaired) electrons. The monoisotopic (exact) mass is 612 g/mol. The summed E-state index contributed by atoms with van der Waals surface area (Å²) < 4.78 is 30.8. The first-order valence-electron chi connectivity index (χ1n) is 13.2. The number of rotatable bonds is 9. The molecule has 1 aliphatic rings. The first-order chi connectivity index (χ1) is 20.3. The highest BCUT2D eigenvalue weighted by molar-refractivity contribution is 8.00. The quantitative estimate of drug-likeness (QED) is 0.214. The third-order valence-corrected chi connectivity index (χ3v) is 8.68. The molecule has 0 bridgehead atoms. The van der Waals surface area contributed by atoms with Crippen LogP contribution in [0.25, 0.3) is 10.9 Å². The summed E-state index contributed by atoms with van der Waals surface area (Å²) in [4.78, 5) is 25.0. The number of likely N-dealkylation sites (tertiary alicyclic amines) is 1. The molecule has 0 aliphatic carbocycles. The van der Waals surface area contributed by atoms with E-state index in [1.165, 1.54) is 17.3 Å². The third-order valence-electron chi connectivity index (χ3n) is 7.10. The molecule has 1 saturated heterocycles. The molecule has 5 rings (SSSR count). The highest BCUT2D eigenvalue weighted by Crippen LogP contribution is 2.41. The molecular weight excluding hydrogens is 583 g/mol. The van der Waals surface area contributed by atoms with E-state index in [-0.39, 0.29) is 10.3 Å². The van der Waals surface area contributed by atoms with E-state index in [2.05, 4.69) is 9.97 Å². The second kappa shape index (κ2) is 12.9. The maximum Gasteiger partial charge on any atom is 0.407 e. The van der Waals surface area contributed by atoms with Gasteiger partial charge in [-0.05, 0) is 54.8 Å². The Morgan fingerprint density at radius 2 is 1.86 bits per heavy atom. The van der Waals surface area contributed by atoms with E-state index in [0.717, 1.165) is 28.7 Å². The molecule has 4 aromatic rings. The number of piperidine rings is 1. The summed E-state index contributed by atoms with van der Waals surface area (Å²) in [6.07, 6.45) is 2.24. The number of methoxy groups -OCH3 is 3. The second-order valence-electron chi connectivity index (χ2n) is 9.70. The van der Waals surface area contributed by atoms with Crippen molar-refractivity contribution in [2.24, 2.45) is 0 Å². The van der Waals surface area contributed by atoms with E-state index in [1.54, 1.807) is 45.2 Å². The van der Waals surface area contributed by atoms with Gasteiger partial charge in [-0.15, -0.1) is 11.8 Å². The summed E-state index contributed by atoms with van der Waals surface area (Å²) in [6, 6.07) is 14.0. The smallest absolute Gasteiger partial charge is 0.407 e. The Balaban J connectivity index is 1.60. The minimum absolute atomic E-state index is 0.0126. The molecule has 1 aliphatic heterocycles. The highest BCUT2D eigenvalue weighted by atomic mass is 35.5. The van der Waals surface area contributed by atoms with Gasteiger partial charge in [0.25, 0.3) is 0 Å². The number of fused-ring (bicyclic) bond motifs is 1. The molecule has 0 spiro atoms. The fourth-order valence-corrected chi connectivity index (χ4v) is 6.52. The number of ether oxygens (including phenoxy) is 3. The highest BCUT2D eigenvalue weighted by Gasteiger charge is 2.26. The summed E-state index contributed by atoms with van der Waals surface area (Å²) in [6.45, 7) is 1.31. The number of nitrogens with zero attached hydrogens (tertiary/aromatic N) is 4. The molecule has 12 heteroatoms. The average molecular weight is 613 g/mol. The number of benzene rings is 3. The second-order valence-corrected chi connectivity index (χ2v) is 11.5. The van der Waals surface area contributed by atoms with Crippen LogP contribution in [0.15, 0.2) is 59.8 Å².